The monoisotopic (exact) mass is 780 g/mol. The van der Waals surface area contributed by atoms with Crippen molar-refractivity contribution >= 4 is 0 Å². The lowest BCUT2D eigenvalue weighted by Crippen LogP contribution is -2.28. The Hall–Kier alpha value is -6.74. The molecule has 0 unspecified atom stereocenters. The topological polar surface area (TPSA) is 18.5 Å². The first-order chi connectivity index (χ1) is 29.7. The zero-order chi connectivity index (χ0) is 40.7. The highest BCUT2D eigenvalue weighted by Crippen LogP contribution is 2.42. The molecule has 0 amide bonds. The molecule has 0 saturated heterocycles. The average Bonchev–Trinajstić information content (AvgIpc) is 3.32. The van der Waals surface area contributed by atoms with Crippen molar-refractivity contribution in [3.8, 4) is 35.2 Å². The predicted octanol–water partition coefficient (Wildman–Crippen LogP) is 13.4. The van der Waals surface area contributed by atoms with Crippen LogP contribution >= 0.6 is 0 Å². The van der Waals surface area contributed by atoms with Gasteiger partial charge in [0, 0.05) is 11.1 Å². The van der Waals surface area contributed by atoms with Gasteiger partial charge in [-0.1, -0.05) is 208 Å². The van der Waals surface area contributed by atoms with E-state index in [1.165, 1.54) is 38.5 Å². The summed E-state index contributed by atoms with van der Waals surface area (Å²) in [6.07, 6.45) is 9.35. The van der Waals surface area contributed by atoms with Crippen molar-refractivity contribution in [2.45, 2.75) is 62.2 Å². The Labute approximate surface area is 357 Å². The molecule has 7 aromatic rings. The van der Waals surface area contributed by atoms with E-state index in [1.54, 1.807) is 0 Å². The van der Waals surface area contributed by atoms with Crippen molar-refractivity contribution in [3.63, 3.8) is 0 Å². The molecule has 7 aromatic carbocycles. The van der Waals surface area contributed by atoms with Gasteiger partial charge >= 0.3 is 0 Å². The van der Waals surface area contributed by atoms with Gasteiger partial charge in [0.25, 0.3) is 0 Å². The van der Waals surface area contributed by atoms with E-state index in [2.05, 4.69) is 218 Å². The van der Waals surface area contributed by atoms with Crippen LogP contribution in [0.4, 0.5) is 0 Å². The van der Waals surface area contributed by atoms with Gasteiger partial charge in [0.1, 0.15) is 22.3 Å². The summed E-state index contributed by atoms with van der Waals surface area (Å²) in [6.45, 7) is 1.40. The second kappa shape index (κ2) is 19.8. The summed E-state index contributed by atoms with van der Waals surface area (Å²) >= 11 is 0. The van der Waals surface area contributed by atoms with Crippen LogP contribution in [0.5, 0.6) is 11.5 Å². The van der Waals surface area contributed by atoms with Crippen molar-refractivity contribution in [1.82, 2.24) is 0 Å². The van der Waals surface area contributed by atoms with Crippen molar-refractivity contribution in [1.29, 1.82) is 0 Å². The van der Waals surface area contributed by atoms with Crippen molar-refractivity contribution < 1.29 is 9.47 Å². The van der Waals surface area contributed by atoms with Gasteiger partial charge in [-0.3, -0.25) is 0 Å². The molecule has 0 spiro atoms. The summed E-state index contributed by atoms with van der Waals surface area (Å²) in [5, 5.41) is 0. The van der Waals surface area contributed by atoms with Crippen molar-refractivity contribution in [2.24, 2.45) is 0 Å². The molecule has 2 heteroatoms. The highest BCUT2D eigenvalue weighted by Gasteiger charge is 2.36. The molecule has 0 aliphatic carbocycles. The molecule has 6 bridgehead atoms. The van der Waals surface area contributed by atoms with Gasteiger partial charge in [-0.15, -0.1) is 0 Å². The summed E-state index contributed by atoms with van der Waals surface area (Å²) in [5.41, 5.74) is 6.93. The fourth-order valence-corrected chi connectivity index (χ4v) is 8.44. The Bertz CT molecular complexity index is 2280. The number of hydrogen-bond acceptors (Lipinski definition) is 2. The summed E-state index contributed by atoms with van der Waals surface area (Å²) < 4.78 is 12.8. The van der Waals surface area contributed by atoms with E-state index < -0.39 is 10.8 Å². The van der Waals surface area contributed by atoms with Crippen LogP contribution in [0.25, 0.3) is 0 Å². The molecule has 0 aromatic heterocycles. The van der Waals surface area contributed by atoms with Gasteiger partial charge < -0.3 is 9.47 Å². The minimum Gasteiger partial charge on any atom is -0.494 e. The van der Waals surface area contributed by atoms with E-state index in [1.807, 2.05) is 0 Å². The fourth-order valence-electron chi connectivity index (χ4n) is 8.44. The third-order valence-electron chi connectivity index (χ3n) is 11.6. The molecular formula is C58H52O2. The maximum Gasteiger partial charge on any atom is 0.119 e. The lowest BCUT2D eigenvalue weighted by molar-refractivity contribution is 0.300. The van der Waals surface area contributed by atoms with Crippen LogP contribution in [0.3, 0.4) is 0 Å². The van der Waals surface area contributed by atoms with Crippen LogP contribution < -0.4 is 9.47 Å². The fraction of sp³-hybridized carbons (Fsp3) is 0.207. The van der Waals surface area contributed by atoms with Crippen LogP contribution in [0.2, 0.25) is 0 Å². The smallest absolute Gasteiger partial charge is 0.119 e. The van der Waals surface area contributed by atoms with Crippen LogP contribution in [-0.4, -0.2) is 13.2 Å². The van der Waals surface area contributed by atoms with E-state index in [-0.39, 0.29) is 0 Å². The van der Waals surface area contributed by atoms with E-state index in [9.17, 15) is 0 Å². The van der Waals surface area contributed by atoms with Gasteiger partial charge in [-0.2, -0.15) is 0 Å². The van der Waals surface area contributed by atoms with Gasteiger partial charge in [0.15, 0.2) is 0 Å². The Morgan fingerprint density at radius 2 is 0.600 bits per heavy atom. The second-order valence-corrected chi connectivity index (χ2v) is 15.6. The first-order valence-electron chi connectivity index (χ1n) is 21.6. The Kier molecular flexibility index (Phi) is 13.2. The molecule has 0 saturated carbocycles. The lowest BCUT2D eigenvalue weighted by Gasteiger charge is -2.31. The molecule has 2 aliphatic heterocycles. The molecular weight excluding hydrogens is 729 g/mol. The first-order valence-corrected chi connectivity index (χ1v) is 21.6. The van der Waals surface area contributed by atoms with E-state index >= 15 is 0 Å². The van der Waals surface area contributed by atoms with Crippen LogP contribution in [0, 0.1) is 23.7 Å². The van der Waals surface area contributed by atoms with Gasteiger partial charge in [0.05, 0.1) is 13.2 Å². The lowest BCUT2D eigenvalue weighted by atomic mass is 9.69. The van der Waals surface area contributed by atoms with Gasteiger partial charge in [-0.05, 0) is 94.8 Å². The normalized spacial score (nSPS) is 15.5. The minimum atomic E-state index is -0.744. The molecule has 0 radical (unpaired) electrons. The summed E-state index contributed by atoms with van der Waals surface area (Å²) in [4.78, 5) is 0. The molecule has 0 atom stereocenters. The zero-order valence-corrected chi connectivity index (χ0v) is 34.4. The number of hydrogen-bond donors (Lipinski definition) is 0. The average molecular weight is 781 g/mol. The Morgan fingerprint density at radius 1 is 0.300 bits per heavy atom. The summed E-state index contributed by atoms with van der Waals surface area (Å²) in [6, 6.07) is 68.0. The molecule has 9 rings (SSSR count). The second-order valence-electron chi connectivity index (χ2n) is 15.6. The standard InChI is InChI=1S/C58H52O2/c1-2-4-6-20-44-60-56-34-22-32-54(46-56)58(51-27-15-9-16-28-51,52-29-17-10-18-30-52)42-40-48-37-35-47(36-38-48)39-41-57(49-23-11-7-12-24-49,50-25-13-8-14-26-50)53-31-21-33-55(45-53)59-43-19-5-3-1/h7-18,21-38,45-46H,1-6,19-20,43-44H2. The summed E-state index contributed by atoms with van der Waals surface area (Å²) in [7, 11) is 0. The predicted molar refractivity (Wildman–Crippen MR) is 247 cm³/mol. The van der Waals surface area contributed by atoms with Crippen LogP contribution in [0.1, 0.15) is 95.9 Å². The van der Waals surface area contributed by atoms with Gasteiger partial charge in [-0.25, -0.2) is 0 Å². The van der Waals surface area contributed by atoms with E-state index in [0.29, 0.717) is 13.2 Å². The number of benzene rings is 7. The molecule has 2 aliphatic rings. The number of rotatable bonds is 4. The first kappa shape index (κ1) is 40.1. The quantitative estimate of drug-likeness (QED) is 0.166. The third-order valence-corrected chi connectivity index (χ3v) is 11.6. The van der Waals surface area contributed by atoms with Crippen LogP contribution in [0.15, 0.2) is 194 Å². The number of fused-ring (bicyclic) bond motifs is 15. The largest absolute Gasteiger partial charge is 0.494 e. The van der Waals surface area contributed by atoms with E-state index in [0.717, 1.165) is 68.8 Å². The highest BCUT2D eigenvalue weighted by molar-refractivity contribution is 5.62. The highest BCUT2D eigenvalue weighted by atomic mass is 16.5. The number of ether oxygens (including phenoxy) is 2. The summed E-state index contributed by atoms with van der Waals surface area (Å²) in [5.74, 6) is 16.7. The SMILES string of the molecule is C1#CC(c2ccccc2)(c2ccccc2)c2cccc(c2)OCCCCCCCCCCOc2cccc(c2)C(c2ccccc2)(c2ccccc2)C#Cc2ccc1cc2. The van der Waals surface area contributed by atoms with E-state index in [4.69, 9.17) is 9.47 Å². The molecule has 2 heterocycles. The molecule has 0 fully saturated rings. The molecule has 296 valence electrons. The maximum absolute atomic E-state index is 6.42. The minimum absolute atomic E-state index is 0.699. The van der Waals surface area contributed by atoms with Gasteiger partial charge in [0.2, 0.25) is 0 Å². The zero-order valence-electron chi connectivity index (χ0n) is 34.4. The third kappa shape index (κ3) is 9.26. The molecule has 0 N–H and O–H groups in total. The Morgan fingerprint density at radius 3 is 0.933 bits per heavy atom. The van der Waals surface area contributed by atoms with Crippen molar-refractivity contribution in [2.75, 3.05) is 13.2 Å². The van der Waals surface area contributed by atoms with Crippen LogP contribution in [-0.2, 0) is 10.8 Å². The maximum atomic E-state index is 6.42. The van der Waals surface area contributed by atoms with Crippen molar-refractivity contribution in [3.05, 3.63) is 239 Å². The molecule has 60 heavy (non-hydrogen) atoms. The molecule has 2 nitrogen and oxygen atoms in total. The Balaban J connectivity index is 1.24.